The molecule has 1 amide bonds. The van der Waals surface area contributed by atoms with E-state index in [0.29, 0.717) is 12.1 Å². The summed E-state index contributed by atoms with van der Waals surface area (Å²) >= 11 is 0. The number of nitrogens with two attached hydrogens (primary N) is 1. The van der Waals surface area contributed by atoms with Gasteiger partial charge < -0.3 is 34.4 Å². The molecule has 0 bridgehead atoms. The molecule has 36 heteroatoms. The van der Waals surface area contributed by atoms with Crippen molar-refractivity contribution in [3.63, 3.8) is 0 Å². The molecule has 0 aliphatic rings. The van der Waals surface area contributed by atoms with Gasteiger partial charge in [-0.3, -0.25) is 13.2 Å². The van der Waals surface area contributed by atoms with Gasteiger partial charge in [0.05, 0.1) is 67.6 Å². The molecule has 0 radical (unpaired) electrons. The zero-order valence-corrected chi connectivity index (χ0v) is 46.9. The topological polar surface area (TPSA) is 440 Å². The molecule has 4 aromatic rings. The molecule has 0 aliphatic heterocycles. The van der Waals surface area contributed by atoms with Crippen LogP contribution in [0.15, 0.2) is 95.8 Å². The standard InChI is InChI=1S/C29H30N6O20S6.4Na/c30-25-24-18(15-22(58(42,43)44)26(25)34-32-20-5-7-21(8-6-20)57(40,41)14-11-55-61(51,52)53)16-23(59(45,46)47)27(28(24)36)35-33-19-3-1-17(2-4-19)29(37)31-9-12-56(38,39)13-10-54-60(48,49)50;;;;/h1-8,15-16,36H,9-14,30H2,(H,31,37)(H,42,43,44)(H,45,46,47)(H,48,49,50)(H,51,52,53);;;;/q;4*+1/p-4. The smallest absolute Gasteiger partial charge is 0.744 e. The van der Waals surface area contributed by atoms with Gasteiger partial charge in [-0.15, -0.1) is 10.2 Å². The first-order valence-corrected chi connectivity index (χ1v) is 24.9. The molecule has 0 atom stereocenters. The van der Waals surface area contributed by atoms with Crippen molar-refractivity contribution >= 4 is 106 Å². The molecule has 4 aromatic carbocycles. The van der Waals surface area contributed by atoms with E-state index in [2.05, 4.69) is 34.1 Å². The van der Waals surface area contributed by atoms with Crippen molar-refractivity contribution in [3.05, 3.63) is 66.2 Å². The molecule has 0 spiro atoms. The van der Waals surface area contributed by atoms with E-state index in [4.69, 9.17) is 5.73 Å². The Kier molecular flexibility index (Phi) is 25.2. The Bertz CT molecular complexity index is 3130. The molecule has 0 saturated heterocycles. The van der Waals surface area contributed by atoms with E-state index in [9.17, 15) is 78.6 Å². The number of amides is 1. The number of azo groups is 2. The van der Waals surface area contributed by atoms with Crippen LogP contribution in [0.5, 0.6) is 5.75 Å². The Morgan fingerprint density at radius 2 is 1.05 bits per heavy atom. The van der Waals surface area contributed by atoms with E-state index in [1.54, 1.807) is 0 Å². The Hall–Kier alpha value is -1.13. The Labute approximate surface area is 460 Å². The van der Waals surface area contributed by atoms with Crippen molar-refractivity contribution in [1.82, 2.24) is 5.32 Å². The van der Waals surface area contributed by atoms with Crippen LogP contribution in [-0.4, -0.2) is 117 Å². The fourth-order valence-corrected chi connectivity index (χ4v) is 8.99. The predicted octanol–water partition coefficient (Wildman–Crippen LogP) is -11.3. The first-order valence-electron chi connectivity index (χ1n) is 16.0. The number of benzene rings is 4. The summed E-state index contributed by atoms with van der Waals surface area (Å²) < 4.78 is 193. The second kappa shape index (κ2) is 25.6. The minimum atomic E-state index is -5.55. The molecule has 26 nitrogen and oxygen atoms in total. The van der Waals surface area contributed by atoms with Crippen LogP contribution in [0.1, 0.15) is 10.4 Å². The zero-order chi connectivity index (χ0) is 45.8. The van der Waals surface area contributed by atoms with E-state index >= 15 is 0 Å². The maximum atomic E-state index is 12.5. The second-order valence-electron chi connectivity index (χ2n) is 11.8. The summed E-state index contributed by atoms with van der Waals surface area (Å²) in [6, 6.07) is 9.70. The van der Waals surface area contributed by atoms with Crippen LogP contribution in [0.2, 0.25) is 0 Å². The van der Waals surface area contributed by atoms with Gasteiger partial charge in [-0.1, -0.05) is 0 Å². The summed E-state index contributed by atoms with van der Waals surface area (Å²) in [5.41, 5.74) is 3.03. The Morgan fingerprint density at radius 3 is 1.51 bits per heavy atom. The molecular formula is C29H26N6Na4O20S6. The summed E-state index contributed by atoms with van der Waals surface area (Å²) in [5, 5.41) is 27.1. The maximum absolute atomic E-state index is 12.5. The van der Waals surface area contributed by atoms with Crippen LogP contribution in [-0.2, 0) is 69.1 Å². The van der Waals surface area contributed by atoms with Gasteiger partial charge in [-0.25, -0.2) is 50.5 Å². The molecule has 332 valence electrons. The molecule has 65 heavy (non-hydrogen) atoms. The van der Waals surface area contributed by atoms with Crippen LogP contribution >= 0.6 is 0 Å². The van der Waals surface area contributed by atoms with Gasteiger partial charge in [-0.2, -0.15) is 10.2 Å². The number of sulfone groups is 2. The van der Waals surface area contributed by atoms with Gasteiger partial charge in [-0.05, 0) is 66.0 Å². The molecule has 0 heterocycles. The third-order valence-corrected chi connectivity index (χ3v) is 13.5. The quantitative estimate of drug-likeness (QED) is 0.0258. The number of hydrogen-bond donors (Lipinski definition) is 3. The summed E-state index contributed by atoms with van der Waals surface area (Å²) in [6.07, 6.45) is 0. The first-order chi connectivity index (χ1) is 28.0. The number of hydrogen-bond acceptors (Lipinski definition) is 25. The van der Waals surface area contributed by atoms with Gasteiger partial charge in [0, 0.05) is 12.1 Å². The number of nitrogen functional groups attached to an aromatic ring is 1. The maximum Gasteiger partial charge on any atom is 1.00 e. The number of nitrogens with zero attached hydrogens (tertiary/aromatic N) is 4. The van der Waals surface area contributed by atoms with Gasteiger partial charge >= 0.3 is 118 Å². The monoisotopic (exact) mass is 1060 g/mol. The fourth-order valence-electron chi connectivity index (χ4n) is 4.86. The van der Waals surface area contributed by atoms with Crippen LogP contribution in [0.3, 0.4) is 0 Å². The molecular weight excluding hydrogens is 1040 g/mol. The third-order valence-electron chi connectivity index (χ3n) is 7.61. The van der Waals surface area contributed by atoms with E-state index in [1.165, 1.54) is 0 Å². The van der Waals surface area contributed by atoms with Crippen molar-refractivity contribution in [2.45, 2.75) is 14.7 Å². The largest absolute Gasteiger partial charge is 1.00 e. The van der Waals surface area contributed by atoms with Gasteiger partial charge in [0.1, 0.15) is 31.6 Å². The molecule has 4 rings (SSSR count). The molecule has 0 saturated carbocycles. The van der Waals surface area contributed by atoms with Crippen LogP contribution in [0, 0.1) is 0 Å². The van der Waals surface area contributed by atoms with Crippen LogP contribution < -0.4 is 129 Å². The fraction of sp³-hybridized carbons (Fsp3) is 0.207. The number of rotatable bonds is 19. The summed E-state index contributed by atoms with van der Waals surface area (Å²) in [4.78, 5) is 9.64. The molecule has 4 N–H and O–H groups in total. The van der Waals surface area contributed by atoms with Crippen molar-refractivity contribution < 1.29 is 205 Å². The molecule has 0 aromatic heterocycles. The normalized spacial score (nSPS) is 12.5. The zero-order valence-electron chi connectivity index (χ0n) is 34.0. The predicted molar refractivity (Wildman–Crippen MR) is 202 cm³/mol. The van der Waals surface area contributed by atoms with Crippen molar-refractivity contribution in [1.29, 1.82) is 0 Å². The average molecular weight is 1060 g/mol. The van der Waals surface area contributed by atoms with Crippen molar-refractivity contribution in [2.75, 3.05) is 42.8 Å². The number of phenols is 1. The van der Waals surface area contributed by atoms with Crippen molar-refractivity contribution in [3.8, 4) is 5.75 Å². The first kappa shape index (κ1) is 63.9. The number of nitrogens with one attached hydrogen (secondary N) is 1. The number of fused-ring (bicyclic) bond motifs is 1. The van der Waals surface area contributed by atoms with E-state index in [0.717, 1.165) is 48.5 Å². The average Bonchev–Trinajstić information content (AvgIpc) is 3.12. The minimum absolute atomic E-state index is 0. The van der Waals surface area contributed by atoms with Crippen molar-refractivity contribution in [2.24, 2.45) is 20.5 Å². The van der Waals surface area contributed by atoms with E-state index in [-0.39, 0.29) is 135 Å². The van der Waals surface area contributed by atoms with Gasteiger partial charge in [0.2, 0.25) is 20.8 Å². The van der Waals surface area contributed by atoms with Crippen LogP contribution in [0.4, 0.5) is 28.4 Å². The van der Waals surface area contributed by atoms with E-state index in [1.807, 2.05) is 0 Å². The number of anilines is 1. The minimum Gasteiger partial charge on any atom is -0.744 e. The SMILES string of the molecule is Nc1c(N=Nc2ccc(S(=O)(=O)CCOS(=O)(=O)[O-])cc2)c(S(=O)(=O)[O-])cc2cc(S(=O)(=O)[O-])c(N=Nc3ccc(C(=O)NCCS(=O)(=O)CCOS(=O)(=O)[O-])cc3)c(O)c12.[Na+].[Na+].[Na+].[Na+]. The molecule has 0 aliphatic carbocycles. The summed E-state index contributed by atoms with van der Waals surface area (Å²) in [5.74, 6) is -4.36. The second-order valence-corrected chi connectivity index (χ2v) is 21.1. The van der Waals surface area contributed by atoms with Gasteiger partial charge in [0.15, 0.2) is 25.4 Å². The molecule has 0 fully saturated rings. The van der Waals surface area contributed by atoms with E-state index < -0.39 is 152 Å². The third kappa shape index (κ3) is 19.3. The molecule has 0 unspecified atom stereocenters. The number of carbonyl (C=O) groups excluding carboxylic acids is 1. The van der Waals surface area contributed by atoms with Gasteiger partial charge in [0.25, 0.3) is 5.91 Å². The Morgan fingerprint density at radius 1 is 0.615 bits per heavy atom. The number of carbonyl (C=O) groups is 1. The summed E-state index contributed by atoms with van der Waals surface area (Å²) in [7, 11) is -29.5. The summed E-state index contributed by atoms with van der Waals surface area (Å²) in [6.45, 7) is -2.35. The number of phenolic OH excluding ortho intramolecular Hbond substituents is 1. The van der Waals surface area contributed by atoms with Crippen LogP contribution in [0.25, 0.3) is 10.8 Å². The number of aromatic hydroxyl groups is 1. The Balaban J connectivity index is 0.0000102.